The van der Waals surface area contributed by atoms with Crippen molar-refractivity contribution in [3.05, 3.63) is 48.3 Å². The van der Waals surface area contributed by atoms with Crippen LogP contribution in [0.2, 0.25) is 0 Å². The summed E-state index contributed by atoms with van der Waals surface area (Å²) in [4.78, 5) is 22.8. The number of aryl methyl sites for hydroxylation is 1. The fourth-order valence-corrected chi connectivity index (χ4v) is 3.88. The Kier molecular flexibility index (Phi) is 4.94. The van der Waals surface area contributed by atoms with E-state index in [0.717, 1.165) is 30.5 Å². The second-order valence-electron chi connectivity index (χ2n) is 7.40. The lowest BCUT2D eigenvalue weighted by Crippen LogP contribution is -2.48. The van der Waals surface area contributed by atoms with Gasteiger partial charge in [0.1, 0.15) is 0 Å². The van der Waals surface area contributed by atoms with Crippen LogP contribution in [0, 0.1) is 6.92 Å². The van der Waals surface area contributed by atoms with Crippen LogP contribution in [0.25, 0.3) is 0 Å². The summed E-state index contributed by atoms with van der Waals surface area (Å²) in [5.41, 5.74) is 1.82. The molecule has 2 saturated heterocycles. The number of aromatic nitrogens is 2. The van der Waals surface area contributed by atoms with Crippen molar-refractivity contribution in [3.63, 3.8) is 0 Å². The topological polar surface area (TPSA) is 79.4 Å². The number of ether oxygens (including phenoxy) is 1. The molecule has 3 heterocycles. The Morgan fingerprint density at radius 1 is 1.22 bits per heavy atom. The average Bonchev–Trinajstić information content (AvgIpc) is 3.05. The number of likely N-dealkylation sites (tertiary alicyclic amines) is 1. The molecular weight excluding hydrogens is 342 g/mol. The van der Waals surface area contributed by atoms with Gasteiger partial charge in [0.2, 0.25) is 5.95 Å². The highest BCUT2D eigenvalue weighted by atomic mass is 16.5. The largest absolute Gasteiger partial charge is 0.373 e. The molecule has 7 heteroatoms. The quantitative estimate of drug-likeness (QED) is 0.872. The highest BCUT2D eigenvalue weighted by molar-refractivity contribution is 5.89. The third kappa shape index (κ3) is 4.19. The van der Waals surface area contributed by atoms with Gasteiger partial charge in [-0.2, -0.15) is 0 Å². The molecule has 1 atom stereocenters. The van der Waals surface area contributed by atoms with Gasteiger partial charge < -0.3 is 20.3 Å². The van der Waals surface area contributed by atoms with Crippen LogP contribution < -0.4 is 10.6 Å². The zero-order valence-corrected chi connectivity index (χ0v) is 15.5. The summed E-state index contributed by atoms with van der Waals surface area (Å²) in [6, 6.07) is 9.83. The molecule has 2 N–H and O–H groups in total. The number of anilines is 2. The van der Waals surface area contributed by atoms with E-state index in [1.807, 2.05) is 36.1 Å². The van der Waals surface area contributed by atoms with Gasteiger partial charge in [-0.3, -0.25) is 0 Å². The van der Waals surface area contributed by atoms with Crippen molar-refractivity contribution >= 4 is 17.7 Å². The maximum Gasteiger partial charge on any atom is 0.321 e. The normalized spacial score (nSPS) is 21.2. The van der Waals surface area contributed by atoms with Gasteiger partial charge in [0.25, 0.3) is 0 Å². The predicted molar refractivity (Wildman–Crippen MR) is 104 cm³/mol. The van der Waals surface area contributed by atoms with Crippen molar-refractivity contribution < 1.29 is 9.53 Å². The molecule has 7 nitrogen and oxygen atoms in total. The van der Waals surface area contributed by atoms with Crippen molar-refractivity contribution in [1.82, 2.24) is 14.9 Å². The number of carbonyl (C=O) groups excluding carboxylic acids is 1. The molecule has 0 radical (unpaired) electrons. The van der Waals surface area contributed by atoms with Crippen molar-refractivity contribution in [3.8, 4) is 0 Å². The molecular formula is C20H25N5O2. The SMILES string of the molecule is Cc1cccc(NC(=O)N2CCC3(CC2)C[C@H](Nc2ncccn2)CO3)c1. The molecule has 142 valence electrons. The standard InChI is InChI=1S/C20H25N5O2/c1-15-4-2-5-16(12-15)24-19(26)25-10-6-20(7-11-25)13-17(14-27-20)23-18-21-8-3-9-22-18/h2-5,8-9,12,17H,6-7,10-11,13-14H2,1H3,(H,24,26)(H,21,22,23)/t17-/m0/s1. The fraction of sp³-hybridized carbons (Fsp3) is 0.450. The van der Waals surface area contributed by atoms with Gasteiger partial charge in [-0.05, 0) is 49.9 Å². The number of rotatable bonds is 3. The Labute approximate surface area is 159 Å². The smallest absolute Gasteiger partial charge is 0.321 e. The van der Waals surface area contributed by atoms with E-state index < -0.39 is 0 Å². The zero-order chi connectivity index (χ0) is 18.7. The first-order chi connectivity index (χ1) is 13.1. The summed E-state index contributed by atoms with van der Waals surface area (Å²) in [6.45, 7) is 4.06. The lowest BCUT2D eigenvalue weighted by Gasteiger charge is -2.38. The van der Waals surface area contributed by atoms with E-state index in [1.54, 1.807) is 18.5 Å². The summed E-state index contributed by atoms with van der Waals surface area (Å²) < 4.78 is 6.15. The number of piperidine rings is 1. The lowest BCUT2D eigenvalue weighted by molar-refractivity contribution is -0.0354. The summed E-state index contributed by atoms with van der Waals surface area (Å²) in [5.74, 6) is 0.637. The summed E-state index contributed by atoms with van der Waals surface area (Å²) >= 11 is 0. The second kappa shape index (κ2) is 7.52. The highest BCUT2D eigenvalue weighted by Gasteiger charge is 2.43. The van der Waals surface area contributed by atoms with E-state index in [1.165, 1.54) is 0 Å². The molecule has 2 aliphatic rings. The molecule has 2 amide bonds. The first kappa shape index (κ1) is 17.7. The Morgan fingerprint density at radius 2 is 2.00 bits per heavy atom. The van der Waals surface area contributed by atoms with E-state index in [4.69, 9.17) is 4.74 Å². The average molecular weight is 367 g/mol. The Bertz CT molecular complexity index is 790. The third-order valence-electron chi connectivity index (χ3n) is 5.34. The minimum atomic E-state index is -0.146. The van der Waals surface area contributed by atoms with Gasteiger partial charge in [-0.1, -0.05) is 12.1 Å². The van der Waals surface area contributed by atoms with Crippen LogP contribution in [0.1, 0.15) is 24.8 Å². The number of hydrogen-bond donors (Lipinski definition) is 2. The molecule has 4 rings (SSSR count). The summed E-state index contributed by atoms with van der Waals surface area (Å²) in [6.07, 6.45) is 6.07. The van der Waals surface area contributed by atoms with Crippen LogP contribution >= 0.6 is 0 Å². The maximum atomic E-state index is 12.5. The molecule has 2 aromatic rings. The fourth-order valence-electron chi connectivity index (χ4n) is 3.88. The molecule has 0 unspecified atom stereocenters. The monoisotopic (exact) mass is 367 g/mol. The van der Waals surface area contributed by atoms with Crippen LogP contribution in [-0.2, 0) is 4.74 Å². The first-order valence-corrected chi connectivity index (χ1v) is 9.42. The molecule has 2 fully saturated rings. The predicted octanol–water partition coefficient (Wildman–Crippen LogP) is 3.05. The van der Waals surface area contributed by atoms with Crippen LogP contribution in [0.15, 0.2) is 42.7 Å². The number of hydrogen-bond acceptors (Lipinski definition) is 5. The van der Waals surface area contributed by atoms with Crippen molar-refractivity contribution in [2.75, 3.05) is 30.3 Å². The highest BCUT2D eigenvalue weighted by Crippen LogP contribution is 2.36. The Morgan fingerprint density at radius 3 is 2.74 bits per heavy atom. The molecule has 0 saturated carbocycles. The van der Waals surface area contributed by atoms with E-state index in [9.17, 15) is 4.79 Å². The second-order valence-corrected chi connectivity index (χ2v) is 7.40. The van der Waals surface area contributed by atoms with E-state index >= 15 is 0 Å². The van der Waals surface area contributed by atoms with Crippen LogP contribution in [0.4, 0.5) is 16.4 Å². The number of carbonyl (C=O) groups is 1. The van der Waals surface area contributed by atoms with Crippen molar-refractivity contribution in [2.24, 2.45) is 0 Å². The molecule has 2 aliphatic heterocycles. The molecule has 27 heavy (non-hydrogen) atoms. The minimum Gasteiger partial charge on any atom is -0.373 e. The van der Waals surface area contributed by atoms with Crippen molar-refractivity contribution in [2.45, 2.75) is 37.8 Å². The Balaban J connectivity index is 1.29. The number of nitrogens with one attached hydrogen (secondary N) is 2. The Hall–Kier alpha value is -2.67. The van der Waals surface area contributed by atoms with E-state index in [-0.39, 0.29) is 17.7 Å². The van der Waals surface area contributed by atoms with Gasteiger partial charge in [0, 0.05) is 31.2 Å². The van der Waals surface area contributed by atoms with E-state index in [0.29, 0.717) is 25.6 Å². The summed E-state index contributed by atoms with van der Waals surface area (Å²) in [5, 5.41) is 6.33. The molecule has 0 aliphatic carbocycles. The van der Waals surface area contributed by atoms with Gasteiger partial charge in [-0.25, -0.2) is 14.8 Å². The van der Waals surface area contributed by atoms with Crippen LogP contribution in [-0.4, -0.2) is 52.2 Å². The van der Waals surface area contributed by atoms with Gasteiger partial charge in [-0.15, -0.1) is 0 Å². The number of nitrogens with zero attached hydrogens (tertiary/aromatic N) is 3. The van der Waals surface area contributed by atoms with Crippen molar-refractivity contribution in [1.29, 1.82) is 0 Å². The molecule has 0 bridgehead atoms. The first-order valence-electron chi connectivity index (χ1n) is 9.42. The van der Waals surface area contributed by atoms with Gasteiger partial charge >= 0.3 is 6.03 Å². The van der Waals surface area contributed by atoms with Gasteiger partial charge in [0.15, 0.2) is 0 Å². The number of urea groups is 1. The van der Waals surface area contributed by atoms with Crippen LogP contribution in [0.3, 0.4) is 0 Å². The number of benzene rings is 1. The lowest BCUT2D eigenvalue weighted by atomic mass is 9.87. The molecule has 1 aromatic carbocycles. The van der Waals surface area contributed by atoms with Crippen LogP contribution in [0.5, 0.6) is 0 Å². The van der Waals surface area contributed by atoms with E-state index in [2.05, 4.69) is 20.6 Å². The van der Waals surface area contributed by atoms with Gasteiger partial charge in [0.05, 0.1) is 18.2 Å². The third-order valence-corrected chi connectivity index (χ3v) is 5.34. The summed E-state index contributed by atoms with van der Waals surface area (Å²) in [7, 11) is 0. The molecule has 1 aromatic heterocycles. The molecule has 1 spiro atoms. The number of amides is 2. The zero-order valence-electron chi connectivity index (χ0n) is 15.5. The maximum absolute atomic E-state index is 12.5. The minimum absolute atomic E-state index is 0.0409.